The Morgan fingerprint density at radius 3 is 2.68 bits per heavy atom. The Balaban J connectivity index is 2.38. The zero-order chi connectivity index (χ0) is 13.7. The molecule has 96 valence electrons. The summed E-state index contributed by atoms with van der Waals surface area (Å²) in [5.74, 6) is 5.92. The van der Waals surface area contributed by atoms with E-state index >= 15 is 0 Å². The molecule has 2 rings (SSSR count). The van der Waals surface area contributed by atoms with Gasteiger partial charge in [-0.15, -0.1) is 0 Å². The van der Waals surface area contributed by atoms with Crippen molar-refractivity contribution in [2.45, 2.75) is 6.29 Å². The number of rotatable bonds is 2. The molecule has 1 aromatic heterocycles. The van der Waals surface area contributed by atoms with Crippen molar-refractivity contribution in [2.24, 2.45) is 0 Å². The molecule has 0 radical (unpaired) electrons. The monoisotopic (exact) mass is 254 g/mol. The zero-order valence-corrected chi connectivity index (χ0v) is 10.5. The van der Waals surface area contributed by atoms with E-state index in [1.165, 1.54) is 7.11 Å². The van der Waals surface area contributed by atoms with E-state index in [1.54, 1.807) is 24.5 Å². The van der Waals surface area contributed by atoms with Crippen LogP contribution in [-0.4, -0.2) is 17.2 Å². The molecule has 0 spiro atoms. The Morgan fingerprint density at radius 2 is 1.95 bits per heavy atom. The van der Waals surface area contributed by atoms with Crippen molar-refractivity contribution in [2.75, 3.05) is 12.8 Å². The van der Waals surface area contributed by atoms with Crippen LogP contribution in [-0.2, 0) is 4.74 Å². The van der Waals surface area contributed by atoms with E-state index in [0.29, 0.717) is 22.4 Å². The number of benzene rings is 1. The van der Waals surface area contributed by atoms with Gasteiger partial charge in [0.2, 0.25) is 0 Å². The third-order valence-corrected chi connectivity index (χ3v) is 2.64. The van der Waals surface area contributed by atoms with E-state index in [0.717, 1.165) is 0 Å². The maximum absolute atomic E-state index is 9.73. The van der Waals surface area contributed by atoms with E-state index in [4.69, 9.17) is 10.5 Å². The summed E-state index contributed by atoms with van der Waals surface area (Å²) in [4.78, 5) is 3.97. The summed E-state index contributed by atoms with van der Waals surface area (Å²) in [6.45, 7) is 0. The van der Waals surface area contributed by atoms with Crippen LogP contribution in [0.1, 0.15) is 23.0 Å². The number of hydrogen-bond donors (Lipinski definition) is 2. The minimum absolute atomic E-state index is 0.576. The number of aromatic nitrogens is 1. The molecule has 0 aliphatic heterocycles. The van der Waals surface area contributed by atoms with Crippen molar-refractivity contribution >= 4 is 5.69 Å². The quantitative estimate of drug-likeness (QED) is 0.632. The second-order valence-corrected chi connectivity index (χ2v) is 3.89. The fourth-order valence-corrected chi connectivity index (χ4v) is 1.60. The lowest BCUT2D eigenvalue weighted by Crippen LogP contribution is -2.02. The number of aliphatic hydroxyl groups excluding tert-OH is 1. The van der Waals surface area contributed by atoms with Crippen molar-refractivity contribution in [3.05, 3.63) is 59.4 Å². The average molecular weight is 254 g/mol. The number of nitrogens with zero attached hydrogens (tertiary/aromatic N) is 1. The summed E-state index contributed by atoms with van der Waals surface area (Å²) in [7, 11) is 1.44. The van der Waals surface area contributed by atoms with E-state index in [2.05, 4.69) is 16.8 Å². The highest BCUT2D eigenvalue weighted by Gasteiger charge is 2.08. The average Bonchev–Trinajstić information content (AvgIpc) is 2.46. The van der Waals surface area contributed by atoms with Gasteiger partial charge in [0.05, 0.1) is 11.3 Å². The lowest BCUT2D eigenvalue weighted by atomic mass is 10.1. The molecule has 1 heterocycles. The second kappa shape index (κ2) is 6.01. The molecule has 0 fully saturated rings. The van der Waals surface area contributed by atoms with Crippen molar-refractivity contribution in [1.29, 1.82) is 0 Å². The van der Waals surface area contributed by atoms with Crippen LogP contribution >= 0.6 is 0 Å². The summed E-state index contributed by atoms with van der Waals surface area (Å²) in [6.07, 6.45) is 2.23. The van der Waals surface area contributed by atoms with Gasteiger partial charge in [-0.1, -0.05) is 30.0 Å². The van der Waals surface area contributed by atoms with Gasteiger partial charge in [-0.3, -0.25) is 4.98 Å². The summed E-state index contributed by atoms with van der Waals surface area (Å²) >= 11 is 0. The number of methoxy groups -OCH3 is 1. The van der Waals surface area contributed by atoms with E-state index in [9.17, 15) is 5.11 Å². The molecule has 4 heteroatoms. The number of nitrogen functional groups attached to an aromatic ring is 1. The first-order valence-corrected chi connectivity index (χ1v) is 5.73. The maximum Gasteiger partial charge on any atom is 0.182 e. The lowest BCUT2D eigenvalue weighted by Gasteiger charge is -2.10. The van der Waals surface area contributed by atoms with Crippen LogP contribution in [0.4, 0.5) is 5.69 Å². The van der Waals surface area contributed by atoms with Crippen molar-refractivity contribution in [3.63, 3.8) is 0 Å². The molecule has 1 atom stereocenters. The summed E-state index contributed by atoms with van der Waals surface area (Å²) < 4.78 is 4.90. The summed E-state index contributed by atoms with van der Waals surface area (Å²) in [6, 6.07) is 8.95. The first-order chi connectivity index (χ1) is 9.22. The number of aliphatic hydroxyl groups is 1. The smallest absolute Gasteiger partial charge is 0.182 e. The molecule has 0 aliphatic carbocycles. The molecule has 2 aromatic rings. The Labute approximate surface area is 111 Å². The molecule has 1 aromatic carbocycles. The minimum atomic E-state index is -0.989. The Kier molecular flexibility index (Phi) is 4.14. The molecule has 3 N–H and O–H groups in total. The van der Waals surface area contributed by atoms with Gasteiger partial charge in [0.15, 0.2) is 6.29 Å². The third kappa shape index (κ3) is 3.10. The van der Waals surface area contributed by atoms with Gasteiger partial charge in [0.25, 0.3) is 0 Å². The van der Waals surface area contributed by atoms with E-state index < -0.39 is 6.29 Å². The fourth-order valence-electron chi connectivity index (χ4n) is 1.60. The van der Waals surface area contributed by atoms with E-state index in [1.807, 2.05) is 18.2 Å². The minimum Gasteiger partial charge on any atom is -0.398 e. The SMILES string of the molecule is COC(O)c1ccccc1C#Cc1cnccc1N. The number of hydrogen-bond acceptors (Lipinski definition) is 4. The van der Waals surface area contributed by atoms with Gasteiger partial charge in [0.1, 0.15) is 0 Å². The van der Waals surface area contributed by atoms with Crippen LogP contribution in [0.25, 0.3) is 0 Å². The molecule has 4 nitrogen and oxygen atoms in total. The second-order valence-electron chi connectivity index (χ2n) is 3.89. The molecule has 19 heavy (non-hydrogen) atoms. The molecule has 0 aliphatic rings. The van der Waals surface area contributed by atoms with Crippen LogP contribution in [0.3, 0.4) is 0 Å². The van der Waals surface area contributed by atoms with Gasteiger partial charge in [0, 0.05) is 30.6 Å². The topological polar surface area (TPSA) is 68.4 Å². The highest BCUT2D eigenvalue weighted by molar-refractivity contribution is 5.56. The van der Waals surface area contributed by atoms with Gasteiger partial charge < -0.3 is 15.6 Å². The predicted molar refractivity (Wildman–Crippen MR) is 73.0 cm³/mol. The van der Waals surface area contributed by atoms with Gasteiger partial charge in [-0.25, -0.2) is 0 Å². The predicted octanol–water partition coefficient (Wildman–Crippen LogP) is 1.70. The van der Waals surface area contributed by atoms with Crippen molar-refractivity contribution in [1.82, 2.24) is 4.98 Å². The summed E-state index contributed by atoms with van der Waals surface area (Å²) in [5.41, 5.74) is 8.34. The first kappa shape index (κ1) is 13.1. The molecule has 0 saturated heterocycles. The molecule has 0 saturated carbocycles. The van der Waals surface area contributed by atoms with Crippen LogP contribution in [0.15, 0.2) is 42.7 Å². The van der Waals surface area contributed by atoms with E-state index in [-0.39, 0.29) is 0 Å². The lowest BCUT2D eigenvalue weighted by molar-refractivity contribution is -0.0770. The number of nitrogens with two attached hydrogens (primary N) is 1. The maximum atomic E-state index is 9.73. The number of anilines is 1. The molecule has 1 unspecified atom stereocenters. The van der Waals surface area contributed by atoms with Crippen molar-refractivity contribution in [3.8, 4) is 11.8 Å². The molecular weight excluding hydrogens is 240 g/mol. The Bertz CT molecular complexity index is 629. The zero-order valence-electron chi connectivity index (χ0n) is 10.5. The van der Waals surface area contributed by atoms with Gasteiger partial charge in [-0.2, -0.15) is 0 Å². The number of ether oxygens (including phenoxy) is 1. The van der Waals surface area contributed by atoms with Crippen LogP contribution in [0.2, 0.25) is 0 Å². The molecule has 0 amide bonds. The highest BCUT2D eigenvalue weighted by Crippen LogP contribution is 2.17. The first-order valence-electron chi connectivity index (χ1n) is 5.73. The third-order valence-electron chi connectivity index (χ3n) is 2.64. The van der Waals surface area contributed by atoms with Gasteiger partial charge in [-0.05, 0) is 12.1 Å². The van der Waals surface area contributed by atoms with Gasteiger partial charge >= 0.3 is 0 Å². The van der Waals surface area contributed by atoms with Crippen LogP contribution in [0, 0.1) is 11.8 Å². The standard InChI is InChI=1S/C15H14N2O2/c1-19-15(18)13-5-3-2-4-11(13)6-7-12-10-17-9-8-14(12)16/h2-5,8-10,15,18H,1H3,(H2,16,17). The largest absolute Gasteiger partial charge is 0.398 e. The number of pyridine rings is 1. The van der Waals surface area contributed by atoms with Crippen molar-refractivity contribution < 1.29 is 9.84 Å². The Morgan fingerprint density at radius 1 is 1.21 bits per heavy atom. The molecule has 0 bridgehead atoms. The van der Waals surface area contributed by atoms with Crippen LogP contribution < -0.4 is 5.73 Å². The Hall–Kier alpha value is -2.35. The molecular formula is C15H14N2O2. The van der Waals surface area contributed by atoms with Crippen LogP contribution in [0.5, 0.6) is 0 Å². The summed E-state index contributed by atoms with van der Waals surface area (Å²) in [5, 5.41) is 9.73. The highest BCUT2D eigenvalue weighted by atomic mass is 16.6. The normalized spacial score (nSPS) is 11.5. The fraction of sp³-hybridized carbons (Fsp3) is 0.133.